The number of benzene rings is 1. The summed E-state index contributed by atoms with van der Waals surface area (Å²) in [5, 5.41) is 9.61. The molecule has 0 bridgehead atoms. The molecule has 0 aliphatic carbocycles. The van der Waals surface area contributed by atoms with Crippen molar-refractivity contribution in [3.05, 3.63) is 53.6 Å². The molecule has 1 aromatic heterocycles. The van der Waals surface area contributed by atoms with Gasteiger partial charge in [0, 0.05) is 11.8 Å². The summed E-state index contributed by atoms with van der Waals surface area (Å²) >= 11 is 0. The second-order valence-electron chi connectivity index (χ2n) is 4.02. The Morgan fingerprint density at radius 2 is 2.06 bits per heavy atom. The lowest BCUT2D eigenvalue weighted by Crippen LogP contribution is -2.00. The first-order valence-electron chi connectivity index (χ1n) is 5.65. The number of aliphatic hydroxyl groups excluding tert-OH is 1. The smallest absolute Gasteiger partial charge is 0.168 e. The average Bonchev–Trinajstić information content (AvgIpc) is 2.34. The topological polar surface area (TPSA) is 42.4 Å². The van der Waals surface area contributed by atoms with Crippen LogP contribution in [-0.2, 0) is 0 Å². The van der Waals surface area contributed by atoms with Crippen LogP contribution in [0.3, 0.4) is 0 Å². The lowest BCUT2D eigenvalue weighted by molar-refractivity contribution is 0.194. The maximum absolute atomic E-state index is 13.8. The van der Waals surface area contributed by atoms with Crippen LogP contribution in [0.2, 0.25) is 0 Å². The molecule has 0 aliphatic heterocycles. The van der Waals surface area contributed by atoms with Crippen molar-refractivity contribution in [2.24, 2.45) is 0 Å². The van der Waals surface area contributed by atoms with E-state index in [1.54, 1.807) is 44.3 Å². The van der Waals surface area contributed by atoms with Gasteiger partial charge < -0.3 is 9.84 Å². The van der Waals surface area contributed by atoms with E-state index in [0.717, 1.165) is 0 Å². The van der Waals surface area contributed by atoms with E-state index in [0.29, 0.717) is 17.0 Å². The normalized spacial score (nSPS) is 12.2. The molecular weight excluding hydrogens is 233 g/mol. The van der Waals surface area contributed by atoms with Gasteiger partial charge >= 0.3 is 0 Å². The van der Waals surface area contributed by atoms with E-state index in [1.165, 1.54) is 6.07 Å². The highest BCUT2D eigenvalue weighted by atomic mass is 19.1. The van der Waals surface area contributed by atoms with E-state index in [9.17, 15) is 9.50 Å². The largest absolute Gasteiger partial charge is 0.452 e. The Morgan fingerprint density at radius 3 is 2.72 bits per heavy atom. The molecule has 0 saturated carbocycles. The second-order valence-corrected chi connectivity index (χ2v) is 4.02. The Hall–Kier alpha value is -1.94. The van der Waals surface area contributed by atoms with Crippen molar-refractivity contribution in [2.75, 3.05) is 0 Å². The van der Waals surface area contributed by atoms with Crippen LogP contribution in [0, 0.1) is 12.7 Å². The Balaban J connectivity index is 2.43. The highest BCUT2D eigenvalue weighted by molar-refractivity contribution is 5.41. The Kier molecular flexibility index (Phi) is 3.58. The van der Waals surface area contributed by atoms with Crippen molar-refractivity contribution in [1.82, 2.24) is 4.98 Å². The number of aryl methyl sites for hydroxylation is 1. The number of ether oxygens (including phenoxy) is 1. The first kappa shape index (κ1) is 12.5. The van der Waals surface area contributed by atoms with Gasteiger partial charge in [0.1, 0.15) is 5.75 Å². The third-order valence-electron chi connectivity index (χ3n) is 2.62. The summed E-state index contributed by atoms with van der Waals surface area (Å²) in [6, 6.07) is 7.90. The summed E-state index contributed by atoms with van der Waals surface area (Å²) in [6.45, 7) is 3.34. The second kappa shape index (κ2) is 5.14. The first-order chi connectivity index (χ1) is 8.59. The average molecular weight is 247 g/mol. The molecule has 1 atom stereocenters. The number of halogens is 1. The summed E-state index contributed by atoms with van der Waals surface area (Å²) < 4.78 is 19.3. The van der Waals surface area contributed by atoms with E-state index in [4.69, 9.17) is 4.74 Å². The van der Waals surface area contributed by atoms with Crippen LogP contribution in [0.5, 0.6) is 11.5 Å². The van der Waals surface area contributed by atoms with Crippen molar-refractivity contribution in [3.8, 4) is 11.5 Å². The molecule has 0 saturated heterocycles. The highest BCUT2D eigenvalue weighted by Gasteiger charge is 2.15. The van der Waals surface area contributed by atoms with Gasteiger partial charge in [0.15, 0.2) is 11.6 Å². The predicted molar refractivity (Wildman–Crippen MR) is 66.1 cm³/mol. The van der Waals surface area contributed by atoms with Gasteiger partial charge in [-0.25, -0.2) is 4.39 Å². The molecule has 0 unspecified atom stereocenters. The van der Waals surface area contributed by atoms with Gasteiger partial charge in [0.25, 0.3) is 0 Å². The third kappa shape index (κ3) is 2.49. The molecule has 0 aliphatic rings. The summed E-state index contributed by atoms with van der Waals surface area (Å²) in [7, 11) is 0. The molecule has 1 aromatic carbocycles. The van der Waals surface area contributed by atoms with Crippen molar-refractivity contribution in [2.45, 2.75) is 20.0 Å². The number of pyridine rings is 1. The Morgan fingerprint density at radius 1 is 1.28 bits per heavy atom. The molecule has 18 heavy (non-hydrogen) atoms. The minimum Gasteiger partial charge on any atom is -0.452 e. The zero-order valence-corrected chi connectivity index (χ0v) is 10.2. The van der Waals surface area contributed by atoms with E-state index >= 15 is 0 Å². The molecule has 3 nitrogen and oxygen atoms in total. The zero-order valence-electron chi connectivity index (χ0n) is 10.2. The molecule has 4 heteroatoms. The monoisotopic (exact) mass is 247 g/mol. The van der Waals surface area contributed by atoms with Crippen molar-refractivity contribution >= 4 is 0 Å². The minimum absolute atomic E-state index is 0.0450. The molecular formula is C14H14FNO2. The quantitative estimate of drug-likeness (QED) is 0.904. The highest BCUT2D eigenvalue weighted by Crippen LogP contribution is 2.32. The fourth-order valence-electron chi connectivity index (χ4n) is 1.65. The van der Waals surface area contributed by atoms with E-state index in [1.807, 2.05) is 0 Å². The lowest BCUT2D eigenvalue weighted by Gasteiger charge is -2.14. The van der Waals surface area contributed by atoms with Crippen molar-refractivity contribution in [3.63, 3.8) is 0 Å². The number of hydrogen-bond acceptors (Lipinski definition) is 3. The zero-order chi connectivity index (χ0) is 13.1. The SMILES string of the molecule is Cc1ncccc1Oc1c(F)cccc1[C@@H](C)O. The van der Waals surface area contributed by atoms with Gasteiger partial charge in [-0.2, -0.15) is 0 Å². The van der Waals surface area contributed by atoms with Gasteiger partial charge in [0.05, 0.1) is 11.8 Å². The van der Waals surface area contributed by atoms with Crippen LogP contribution in [-0.4, -0.2) is 10.1 Å². The fraction of sp³-hybridized carbons (Fsp3) is 0.214. The number of rotatable bonds is 3. The summed E-state index contributed by atoms with van der Waals surface area (Å²) in [4.78, 5) is 4.07. The summed E-state index contributed by atoms with van der Waals surface area (Å²) in [6.07, 6.45) is 0.840. The Labute approximate surface area is 105 Å². The predicted octanol–water partition coefficient (Wildman–Crippen LogP) is 3.37. The molecule has 2 aromatic rings. The van der Waals surface area contributed by atoms with Gasteiger partial charge in [-0.05, 0) is 32.0 Å². The van der Waals surface area contributed by atoms with Crippen LogP contribution in [0.15, 0.2) is 36.5 Å². The molecule has 94 valence electrons. The van der Waals surface area contributed by atoms with E-state index in [-0.39, 0.29) is 5.75 Å². The molecule has 0 fully saturated rings. The Bertz CT molecular complexity index is 555. The fourth-order valence-corrected chi connectivity index (χ4v) is 1.65. The van der Waals surface area contributed by atoms with Crippen LogP contribution in [0.25, 0.3) is 0 Å². The molecule has 0 spiro atoms. The van der Waals surface area contributed by atoms with Crippen LogP contribution in [0.1, 0.15) is 24.3 Å². The number of para-hydroxylation sites is 1. The van der Waals surface area contributed by atoms with Crippen LogP contribution in [0.4, 0.5) is 4.39 Å². The number of nitrogens with zero attached hydrogens (tertiary/aromatic N) is 1. The molecule has 2 rings (SSSR count). The molecule has 1 N–H and O–H groups in total. The standard InChI is InChI=1S/C14H14FNO2/c1-9-13(7-4-8-16-9)18-14-11(10(2)17)5-3-6-12(14)15/h3-8,10,17H,1-2H3/t10-/m1/s1. The van der Waals surface area contributed by atoms with Gasteiger partial charge in [-0.1, -0.05) is 12.1 Å². The summed E-state index contributed by atoms with van der Waals surface area (Å²) in [5.41, 5.74) is 1.08. The van der Waals surface area contributed by atoms with Gasteiger partial charge in [-0.3, -0.25) is 4.98 Å². The first-order valence-corrected chi connectivity index (χ1v) is 5.65. The minimum atomic E-state index is -0.798. The maximum Gasteiger partial charge on any atom is 0.168 e. The van der Waals surface area contributed by atoms with E-state index in [2.05, 4.69) is 4.98 Å². The summed E-state index contributed by atoms with van der Waals surface area (Å²) in [5.74, 6) is 0.0183. The lowest BCUT2D eigenvalue weighted by atomic mass is 10.1. The van der Waals surface area contributed by atoms with Crippen LogP contribution < -0.4 is 4.74 Å². The molecule has 0 amide bonds. The van der Waals surface area contributed by atoms with Crippen molar-refractivity contribution in [1.29, 1.82) is 0 Å². The number of aromatic nitrogens is 1. The van der Waals surface area contributed by atoms with E-state index < -0.39 is 11.9 Å². The molecule has 1 heterocycles. The van der Waals surface area contributed by atoms with Crippen LogP contribution >= 0.6 is 0 Å². The van der Waals surface area contributed by atoms with Gasteiger partial charge in [0.2, 0.25) is 0 Å². The van der Waals surface area contributed by atoms with Crippen molar-refractivity contribution < 1.29 is 14.2 Å². The number of hydrogen-bond donors (Lipinski definition) is 1. The third-order valence-corrected chi connectivity index (χ3v) is 2.62. The van der Waals surface area contributed by atoms with Gasteiger partial charge in [-0.15, -0.1) is 0 Å². The number of aliphatic hydroxyl groups is 1. The molecule has 0 radical (unpaired) electrons. The maximum atomic E-state index is 13.8.